The molecule has 1 fully saturated rings. The normalized spacial score (nSPS) is 16.5. The third kappa shape index (κ3) is 2.99. The second-order valence-corrected chi connectivity index (χ2v) is 5.66. The number of rotatable bonds is 1. The zero-order valence-electron chi connectivity index (χ0n) is 12.1. The minimum absolute atomic E-state index is 0.135. The maximum atomic E-state index is 12.6. The molecule has 0 atom stereocenters. The van der Waals surface area contributed by atoms with E-state index in [1.54, 1.807) is 6.07 Å². The van der Waals surface area contributed by atoms with Crippen LogP contribution in [0.25, 0.3) is 10.9 Å². The van der Waals surface area contributed by atoms with Gasteiger partial charge in [-0.2, -0.15) is 0 Å². The van der Waals surface area contributed by atoms with Crippen molar-refractivity contribution in [3.63, 3.8) is 0 Å². The highest BCUT2D eigenvalue weighted by molar-refractivity contribution is 5.97. The van der Waals surface area contributed by atoms with E-state index in [-0.39, 0.29) is 17.0 Å². The van der Waals surface area contributed by atoms with Gasteiger partial charge in [0, 0.05) is 18.6 Å². The molecule has 4 heteroatoms. The van der Waals surface area contributed by atoms with Crippen LogP contribution in [0.4, 0.5) is 0 Å². The number of pyridine rings is 1. The van der Waals surface area contributed by atoms with E-state index in [1.807, 2.05) is 29.2 Å². The molecule has 0 aliphatic carbocycles. The average Bonchev–Trinajstić information content (AvgIpc) is 2.45. The summed E-state index contributed by atoms with van der Waals surface area (Å²) in [5, 5.41) is 0.896. The predicted octanol–water partition coefficient (Wildman–Crippen LogP) is 2.93. The topological polar surface area (TPSA) is 53.2 Å². The number of H-pyrrole nitrogens is 1. The largest absolute Gasteiger partial charge is 0.338 e. The number of likely N-dealkylation sites (tertiary alicyclic amines) is 1. The van der Waals surface area contributed by atoms with E-state index in [1.165, 1.54) is 6.42 Å². The Morgan fingerprint density at radius 2 is 1.67 bits per heavy atom. The van der Waals surface area contributed by atoms with Crippen LogP contribution < -0.4 is 5.56 Å². The van der Waals surface area contributed by atoms with Crippen LogP contribution in [0.5, 0.6) is 0 Å². The van der Waals surface area contributed by atoms with Crippen molar-refractivity contribution < 1.29 is 4.79 Å². The molecule has 1 aromatic heterocycles. The second kappa shape index (κ2) is 6.12. The Balaban J connectivity index is 1.92. The van der Waals surface area contributed by atoms with Crippen LogP contribution in [0.3, 0.4) is 0 Å². The van der Waals surface area contributed by atoms with Gasteiger partial charge in [0.1, 0.15) is 5.56 Å². The number of para-hydroxylation sites is 1. The summed E-state index contributed by atoms with van der Waals surface area (Å²) in [4.78, 5) is 29.4. The predicted molar refractivity (Wildman–Crippen MR) is 83.6 cm³/mol. The third-order valence-electron chi connectivity index (χ3n) is 4.13. The van der Waals surface area contributed by atoms with E-state index in [0.717, 1.165) is 49.7 Å². The number of carbonyl (C=O) groups excluding carboxylic acids is 1. The molecule has 0 saturated carbocycles. The van der Waals surface area contributed by atoms with Crippen molar-refractivity contribution in [2.45, 2.75) is 32.1 Å². The van der Waals surface area contributed by atoms with Gasteiger partial charge in [0.25, 0.3) is 11.5 Å². The van der Waals surface area contributed by atoms with E-state index in [0.29, 0.717) is 0 Å². The van der Waals surface area contributed by atoms with Gasteiger partial charge in [-0.05, 0) is 30.4 Å². The fourth-order valence-electron chi connectivity index (χ4n) is 2.93. The van der Waals surface area contributed by atoms with Gasteiger partial charge in [-0.3, -0.25) is 9.59 Å². The first-order valence-corrected chi connectivity index (χ1v) is 7.67. The molecular weight excluding hydrogens is 264 g/mol. The SMILES string of the molecule is O=C(c1cc2ccccc2[nH]c1=O)N1CCCCCCC1. The maximum Gasteiger partial charge on any atom is 0.261 e. The molecule has 1 N–H and O–H groups in total. The van der Waals surface area contributed by atoms with Crippen LogP contribution in [-0.4, -0.2) is 28.9 Å². The molecule has 4 nitrogen and oxygen atoms in total. The molecule has 110 valence electrons. The highest BCUT2D eigenvalue weighted by Gasteiger charge is 2.19. The highest BCUT2D eigenvalue weighted by Crippen LogP contribution is 2.15. The lowest BCUT2D eigenvalue weighted by molar-refractivity contribution is 0.0741. The minimum atomic E-state index is -0.291. The standard InChI is InChI=1S/C17H20N2O2/c20-16-14(12-13-8-4-5-9-15(13)18-16)17(21)19-10-6-2-1-3-7-11-19/h4-5,8-9,12H,1-3,6-7,10-11H2,(H,18,20). The van der Waals surface area contributed by atoms with Crippen molar-refractivity contribution in [1.82, 2.24) is 9.88 Å². The van der Waals surface area contributed by atoms with Crippen LogP contribution in [-0.2, 0) is 0 Å². The Morgan fingerprint density at radius 1 is 1.00 bits per heavy atom. The van der Waals surface area contributed by atoms with E-state index in [2.05, 4.69) is 4.98 Å². The lowest BCUT2D eigenvalue weighted by atomic mass is 10.1. The van der Waals surface area contributed by atoms with Crippen LogP contribution in [0.15, 0.2) is 35.1 Å². The number of nitrogens with one attached hydrogen (secondary N) is 1. The van der Waals surface area contributed by atoms with Gasteiger partial charge >= 0.3 is 0 Å². The Labute approximate surface area is 123 Å². The third-order valence-corrected chi connectivity index (χ3v) is 4.13. The van der Waals surface area contributed by atoms with E-state index < -0.39 is 0 Å². The monoisotopic (exact) mass is 284 g/mol. The number of nitrogens with zero attached hydrogens (tertiary/aromatic N) is 1. The molecule has 0 bridgehead atoms. The summed E-state index contributed by atoms with van der Waals surface area (Å²) in [6.45, 7) is 1.51. The average molecular weight is 284 g/mol. The minimum Gasteiger partial charge on any atom is -0.338 e. The summed E-state index contributed by atoms with van der Waals surface area (Å²) in [7, 11) is 0. The summed E-state index contributed by atoms with van der Waals surface area (Å²) < 4.78 is 0. The quantitative estimate of drug-likeness (QED) is 0.875. The van der Waals surface area contributed by atoms with Gasteiger partial charge in [0.15, 0.2) is 0 Å². The maximum absolute atomic E-state index is 12.6. The van der Waals surface area contributed by atoms with E-state index >= 15 is 0 Å². The molecule has 1 aliphatic rings. The van der Waals surface area contributed by atoms with Crippen LogP contribution in [0.1, 0.15) is 42.5 Å². The van der Waals surface area contributed by atoms with E-state index in [9.17, 15) is 9.59 Å². The van der Waals surface area contributed by atoms with Gasteiger partial charge in [-0.25, -0.2) is 0 Å². The van der Waals surface area contributed by atoms with Crippen molar-refractivity contribution in [2.75, 3.05) is 13.1 Å². The molecule has 0 spiro atoms. The van der Waals surface area contributed by atoms with Crippen molar-refractivity contribution in [2.24, 2.45) is 0 Å². The molecular formula is C17H20N2O2. The Kier molecular flexibility index (Phi) is 4.04. The summed E-state index contributed by atoms with van der Waals surface area (Å²) in [5.41, 5.74) is 0.738. The summed E-state index contributed by atoms with van der Waals surface area (Å²) in [6.07, 6.45) is 5.63. The fraction of sp³-hybridized carbons (Fsp3) is 0.412. The molecule has 21 heavy (non-hydrogen) atoms. The molecule has 0 unspecified atom stereocenters. The Bertz CT molecular complexity index is 697. The van der Waals surface area contributed by atoms with Gasteiger partial charge in [-0.15, -0.1) is 0 Å². The number of aromatic nitrogens is 1. The number of fused-ring (bicyclic) bond motifs is 1. The van der Waals surface area contributed by atoms with Crippen LogP contribution in [0.2, 0.25) is 0 Å². The van der Waals surface area contributed by atoms with Gasteiger partial charge in [-0.1, -0.05) is 37.5 Å². The number of amides is 1. The number of benzene rings is 1. The fourth-order valence-corrected chi connectivity index (χ4v) is 2.93. The first-order valence-electron chi connectivity index (χ1n) is 7.67. The summed E-state index contributed by atoms with van der Waals surface area (Å²) in [5.74, 6) is -0.135. The molecule has 0 radical (unpaired) electrons. The number of hydrogen-bond donors (Lipinski definition) is 1. The molecule has 1 amide bonds. The zero-order valence-corrected chi connectivity index (χ0v) is 12.1. The van der Waals surface area contributed by atoms with Crippen LogP contribution >= 0.6 is 0 Å². The highest BCUT2D eigenvalue weighted by atomic mass is 16.2. The first kappa shape index (κ1) is 13.9. The van der Waals surface area contributed by atoms with E-state index in [4.69, 9.17) is 0 Å². The van der Waals surface area contributed by atoms with Gasteiger partial charge < -0.3 is 9.88 Å². The Morgan fingerprint density at radius 3 is 2.43 bits per heavy atom. The number of carbonyl (C=O) groups is 1. The first-order chi connectivity index (χ1) is 10.3. The lowest BCUT2D eigenvalue weighted by Crippen LogP contribution is -2.36. The molecule has 1 aromatic carbocycles. The molecule has 2 heterocycles. The van der Waals surface area contributed by atoms with Crippen molar-refractivity contribution in [3.8, 4) is 0 Å². The number of aromatic amines is 1. The van der Waals surface area contributed by atoms with Crippen molar-refractivity contribution in [1.29, 1.82) is 0 Å². The molecule has 1 saturated heterocycles. The van der Waals surface area contributed by atoms with Crippen molar-refractivity contribution >= 4 is 16.8 Å². The lowest BCUT2D eigenvalue weighted by Gasteiger charge is -2.24. The van der Waals surface area contributed by atoms with Gasteiger partial charge in [0.05, 0.1) is 0 Å². The smallest absolute Gasteiger partial charge is 0.261 e. The summed E-state index contributed by atoms with van der Waals surface area (Å²) in [6, 6.07) is 9.26. The number of hydrogen-bond acceptors (Lipinski definition) is 2. The Hall–Kier alpha value is -2.10. The molecule has 3 rings (SSSR count). The molecule has 1 aliphatic heterocycles. The molecule has 2 aromatic rings. The second-order valence-electron chi connectivity index (χ2n) is 5.66. The van der Waals surface area contributed by atoms with Crippen molar-refractivity contribution in [3.05, 3.63) is 46.2 Å². The zero-order chi connectivity index (χ0) is 14.7. The van der Waals surface area contributed by atoms with Gasteiger partial charge in [0.2, 0.25) is 0 Å². The van der Waals surface area contributed by atoms with Crippen LogP contribution in [0, 0.1) is 0 Å². The summed E-state index contributed by atoms with van der Waals surface area (Å²) >= 11 is 0.